The van der Waals surface area contributed by atoms with Crippen LogP contribution in [0.1, 0.15) is 38.7 Å². The summed E-state index contributed by atoms with van der Waals surface area (Å²) in [5.41, 5.74) is 1.54. The summed E-state index contributed by atoms with van der Waals surface area (Å²) >= 11 is 0. The third kappa shape index (κ3) is 3.53. The minimum Gasteiger partial charge on any atom is -0.391 e. The number of carbonyl (C=O) groups excluding carboxylic acids is 2. The molecule has 1 fully saturated rings. The fourth-order valence-corrected chi connectivity index (χ4v) is 3.14. The van der Waals surface area contributed by atoms with Crippen LogP contribution in [0.4, 0.5) is 4.39 Å². The Kier molecular flexibility index (Phi) is 4.81. The zero-order valence-electron chi connectivity index (χ0n) is 13.8. The molecule has 1 saturated heterocycles. The van der Waals surface area contributed by atoms with E-state index < -0.39 is 6.10 Å². The van der Waals surface area contributed by atoms with Crippen LogP contribution in [-0.4, -0.2) is 41.5 Å². The van der Waals surface area contributed by atoms with E-state index in [4.69, 9.17) is 0 Å². The molecule has 0 spiro atoms. The first-order valence-electron chi connectivity index (χ1n) is 8.06. The molecule has 6 heteroatoms. The Balaban J connectivity index is 1.89. The first-order chi connectivity index (χ1) is 12.0. The monoisotopic (exact) mass is 342 g/mol. The molecule has 3 rings (SSSR count). The van der Waals surface area contributed by atoms with Gasteiger partial charge in [-0.25, -0.2) is 4.39 Å². The Hall–Kier alpha value is -2.73. The Morgan fingerprint density at radius 3 is 2.52 bits per heavy atom. The van der Waals surface area contributed by atoms with E-state index in [0.29, 0.717) is 17.5 Å². The van der Waals surface area contributed by atoms with Crippen molar-refractivity contribution in [2.24, 2.45) is 0 Å². The van der Waals surface area contributed by atoms with Crippen LogP contribution in [0, 0.1) is 5.82 Å². The lowest BCUT2D eigenvalue weighted by molar-refractivity contribution is 0.0716. The highest BCUT2D eigenvalue weighted by Crippen LogP contribution is 2.33. The molecule has 0 bridgehead atoms. The van der Waals surface area contributed by atoms with Gasteiger partial charge in [0.25, 0.3) is 11.8 Å². The number of β-amino-alcohol motifs (C(OH)–C–C–N with tert-alkyl or cyclic N) is 1. The maximum atomic E-state index is 13.2. The van der Waals surface area contributed by atoms with Crippen molar-refractivity contribution in [2.45, 2.75) is 18.6 Å². The number of carbonyl (C=O) groups is 2. The summed E-state index contributed by atoms with van der Waals surface area (Å²) in [5, 5.41) is 12.6. The number of nitrogens with zero attached hydrogens (tertiary/aromatic N) is 1. The molecule has 1 aliphatic rings. The summed E-state index contributed by atoms with van der Waals surface area (Å²) < 4.78 is 13.2. The molecule has 2 aromatic rings. The van der Waals surface area contributed by atoms with Gasteiger partial charge in [-0.05, 0) is 42.3 Å². The maximum Gasteiger partial charge on any atom is 0.254 e. The number of benzene rings is 2. The molecule has 1 aliphatic heterocycles. The molecule has 0 aromatic heterocycles. The van der Waals surface area contributed by atoms with Crippen molar-refractivity contribution in [2.75, 3.05) is 13.6 Å². The summed E-state index contributed by atoms with van der Waals surface area (Å²) in [6, 6.07) is 12.1. The van der Waals surface area contributed by atoms with Crippen molar-refractivity contribution in [3.63, 3.8) is 0 Å². The first kappa shape index (κ1) is 17.1. The van der Waals surface area contributed by atoms with Gasteiger partial charge in [0.1, 0.15) is 5.82 Å². The fraction of sp³-hybridized carbons (Fsp3) is 0.263. The van der Waals surface area contributed by atoms with Gasteiger partial charge >= 0.3 is 0 Å². The van der Waals surface area contributed by atoms with E-state index in [-0.39, 0.29) is 30.2 Å². The summed E-state index contributed by atoms with van der Waals surface area (Å²) in [5.74, 6) is -0.888. The lowest BCUT2D eigenvalue weighted by Gasteiger charge is -2.25. The predicted octanol–water partition coefficient (Wildman–Crippen LogP) is 2.13. The second-order valence-electron chi connectivity index (χ2n) is 6.07. The number of nitrogens with one attached hydrogen (secondary N) is 1. The number of rotatable bonds is 3. The van der Waals surface area contributed by atoms with E-state index in [9.17, 15) is 19.1 Å². The van der Waals surface area contributed by atoms with Crippen molar-refractivity contribution < 1.29 is 19.1 Å². The zero-order chi connectivity index (χ0) is 18.0. The van der Waals surface area contributed by atoms with Crippen LogP contribution >= 0.6 is 0 Å². The quantitative estimate of drug-likeness (QED) is 0.898. The molecule has 2 atom stereocenters. The molecule has 2 N–H and O–H groups in total. The molecule has 25 heavy (non-hydrogen) atoms. The van der Waals surface area contributed by atoms with Gasteiger partial charge in [0.15, 0.2) is 0 Å². The second kappa shape index (κ2) is 7.03. The van der Waals surface area contributed by atoms with Gasteiger partial charge in [-0.3, -0.25) is 9.59 Å². The molecule has 2 aromatic carbocycles. The number of hydrogen-bond acceptors (Lipinski definition) is 3. The van der Waals surface area contributed by atoms with Gasteiger partial charge in [-0.2, -0.15) is 0 Å². The SMILES string of the molecule is CNC(=O)c1cccc(C(=O)N2C[C@@H](O)C[C@@H]2c2ccc(F)cc2)c1. The van der Waals surface area contributed by atoms with Crippen LogP contribution in [0.25, 0.3) is 0 Å². The summed E-state index contributed by atoms with van der Waals surface area (Å²) in [4.78, 5) is 26.3. The minimum atomic E-state index is -0.638. The van der Waals surface area contributed by atoms with Crippen LogP contribution in [-0.2, 0) is 0 Å². The number of halogens is 1. The van der Waals surface area contributed by atoms with Gasteiger partial charge in [-0.1, -0.05) is 18.2 Å². The van der Waals surface area contributed by atoms with Crippen LogP contribution < -0.4 is 5.32 Å². The van der Waals surface area contributed by atoms with Gasteiger partial charge in [-0.15, -0.1) is 0 Å². The third-order valence-electron chi connectivity index (χ3n) is 4.39. The van der Waals surface area contributed by atoms with Crippen LogP contribution in [0.15, 0.2) is 48.5 Å². The first-order valence-corrected chi connectivity index (χ1v) is 8.06. The van der Waals surface area contributed by atoms with E-state index in [1.54, 1.807) is 35.2 Å². The number of hydrogen-bond donors (Lipinski definition) is 2. The minimum absolute atomic E-state index is 0.199. The van der Waals surface area contributed by atoms with Gasteiger partial charge in [0, 0.05) is 24.7 Å². The van der Waals surface area contributed by atoms with E-state index in [0.717, 1.165) is 5.56 Å². The number of amides is 2. The molecule has 1 heterocycles. The number of aliphatic hydroxyl groups is 1. The lowest BCUT2D eigenvalue weighted by atomic mass is 10.0. The maximum absolute atomic E-state index is 13.2. The van der Waals surface area contributed by atoms with Crippen LogP contribution in [0.2, 0.25) is 0 Å². The molecule has 0 aliphatic carbocycles. The van der Waals surface area contributed by atoms with Crippen molar-refractivity contribution in [1.82, 2.24) is 10.2 Å². The van der Waals surface area contributed by atoms with Crippen LogP contribution in [0.5, 0.6) is 0 Å². The largest absolute Gasteiger partial charge is 0.391 e. The normalized spacial score (nSPS) is 19.7. The fourth-order valence-electron chi connectivity index (χ4n) is 3.14. The van der Waals surface area contributed by atoms with Crippen molar-refractivity contribution in [3.8, 4) is 0 Å². The van der Waals surface area contributed by atoms with Crippen molar-refractivity contribution in [1.29, 1.82) is 0 Å². The van der Waals surface area contributed by atoms with E-state index in [2.05, 4.69) is 5.32 Å². The molecule has 2 amide bonds. The zero-order valence-corrected chi connectivity index (χ0v) is 13.8. The molecule has 0 unspecified atom stereocenters. The highest BCUT2D eigenvalue weighted by Gasteiger charge is 2.35. The smallest absolute Gasteiger partial charge is 0.254 e. The topological polar surface area (TPSA) is 69.6 Å². The molecular weight excluding hydrogens is 323 g/mol. The molecule has 0 saturated carbocycles. The molecular formula is C19H19FN2O3. The summed E-state index contributed by atoms with van der Waals surface area (Å²) in [6.07, 6.45) is -0.242. The average molecular weight is 342 g/mol. The Morgan fingerprint density at radius 2 is 1.84 bits per heavy atom. The van der Waals surface area contributed by atoms with E-state index in [1.807, 2.05) is 0 Å². The number of aliphatic hydroxyl groups excluding tert-OH is 1. The van der Waals surface area contributed by atoms with Crippen molar-refractivity contribution >= 4 is 11.8 Å². The van der Waals surface area contributed by atoms with Crippen LogP contribution in [0.3, 0.4) is 0 Å². The number of likely N-dealkylation sites (tertiary alicyclic amines) is 1. The van der Waals surface area contributed by atoms with Crippen molar-refractivity contribution in [3.05, 3.63) is 71.0 Å². The highest BCUT2D eigenvalue weighted by molar-refractivity contribution is 5.99. The third-order valence-corrected chi connectivity index (χ3v) is 4.39. The summed E-state index contributed by atoms with van der Waals surface area (Å²) in [6.45, 7) is 0.199. The summed E-state index contributed by atoms with van der Waals surface area (Å²) in [7, 11) is 1.53. The Labute approximate surface area is 145 Å². The van der Waals surface area contributed by atoms with Gasteiger partial charge in [0.05, 0.1) is 12.1 Å². The predicted molar refractivity (Wildman–Crippen MR) is 90.6 cm³/mol. The highest BCUT2D eigenvalue weighted by atomic mass is 19.1. The van der Waals surface area contributed by atoms with Gasteiger partial charge < -0.3 is 15.3 Å². The second-order valence-corrected chi connectivity index (χ2v) is 6.07. The van der Waals surface area contributed by atoms with E-state index >= 15 is 0 Å². The lowest BCUT2D eigenvalue weighted by Crippen LogP contribution is -2.32. The molecule has 130 valence electrons. The molecule has 5 nitrogen and oxygen atoms in total. The molecule has 0 radical (unpaired) electrons. The standard InChI is InChI=1S/C19H19FN2O3/c1-21-18(24)13-3-2-4-14(9-13)19(25)22-11-16(23)10-17(22)12-5-7-15(20)8-6-12/h2-9,16-17,23H,10-11H2,1H3,(H,21,24)/t16-,17+/m0/s1. The Morgan fingerprint density at radius 1 is 1.16 bits per heavy atom. The van der Waals surface area contributed by atoms with E-state index in [1.165, 1.54) is 25.2 Å². The Bertz CT molecular complexity index is 792. The van der Waals surface area contributed by atoms with Gasteiger partial charge in [0.2, 0.25) is 0 Å². The average Bonchev–Trinajstić information content (AvgIpc) is 3.02.